The monoisotopic (exact) mass is 402 g/mol. The van der Waals surface area contributed by atoms with Crippen molar-refractivity contribution in [1.82, 2.24) is 9.55 Å². The Kier molecular flexibility index (Phi) is 4.19. The number of nitrogens with zero attached hydrogens (tertiary/aromatic N) is 2. The highest BCUT2D eigenvalue weighted by Gasteiger charge is 2.19. The van der Waals surface area contributed by atoms with Gasteiger partial charge in [-0.3, -0.25) is 4.57 Å². The Hall–Kier alpha value is -0.740. The van der Waals surface area contributed by atoms with Crippen LogP contribution in [0.15, 0.2) is 40.9 Å². The van der Waals surface area contributed by atoms with Crippen LogP contribution in [0.1, 0.15) is 18.1 Å². The summed E-state index contributed by atoms with van der Waals surface area (Å²) in [6.45, 7) is 1.87. The first-order chi connectivity index (χ1) is 9.99. The minimum absolute atomic E-state index is 0.270. The van der Waals surface area contributed by atoms with Gasteiger partial charge in [0.05, 0.1) is 32.1 Å². The Morgan fingerprint density at radius 2 is 1.90 bits per heavy atom. The van der Waals surface area contributed by atoms with Gasteiger partial charge in [0, 0.05) is 4.47 Å². The first kappa shape index (κ1) is 15.2. The van der Waals surface area contributed by atoms with E-state index in [1.165, 1.54) is 0 Å². The first-order valence-corrected chi connectivity index (χ1v) is 8.24. The lowest BCUT2D eigenvalue weighted by atomic mass is 10.2. The Morgan fingerprint density at radius 3 is 2.57 bits per heavy atom. The van der Waals surface area contributed by atoms with Crippen LogP contribution in [0.2, 0.25) is 10.0 Å². The Labute approximate surface area is 145 Å². The number of halogens is 4. The largest absolute Gasteiger partial charge is 0.292 e. The third kappa shape index (κ3) is 2.68. The predicted octanol–water partition coefficient (Wildman–Crippen LogP) is 6.39. The van der Waals surface area contributed by atoms with E-state index in [-0.39, 0.29) is 5.38 Å². The smallest absolute Gasteiger partial charge is 0.132 e. The predicted molar refractivity (Wildman–Crippen MR) is 93.1 cm³/mol. The molecule has 1 atom stereocenters. The summed E-state index contributed by atoms with van der Waals surface area (Å²) in [4.78, 5) is 4.59. The molecule has 0 spiro atoms. The number of fused-ring (bicyclic) bond motifs is 1. The summed E-state index contributed by atoms with van der Waals surface area (Å²) in [5.41, 5.74) is 2.41. The van der Waals surface area contributed by atoms with Crippen molar-refractivity contribution in [2.24, 2.45) is 0 Å². The van der Waals surface area contributed by atoms with E-state index in [9.17, 15) is 0 Å². The molecule has 0 aliphatic rings. The zero-order chi connectivity index (χ0) is 15.1. The Morgan fingerprint density at radius 1 is 1.14 bits per heavy atom. The highest BCUT2D eigenvalue weighted by Crippen LogP contribution is 2.35. The van der Waals surface area contributed by atoms with Crippen molar-refractivity contribution in [3.05, 3.63) is 56.7 Å². The molecule has 0 saturated heterocycles. The number of rotatable bonds is 2. The fraction of sp³-hybridized carbons (Fsp3) is 0.133. The maximum absolute atomic E-state index is 6.39. The van der Waals surface area contributed by atoms with E-state index in [1.807, 2.05) is 47.9 Å². The van der Waals surface area contributed by atoms with Gasteiger partial charge in [-0.15, -0.1) is 11.6 Å². The average Bonchev–Trinajstić information content (AvgIpc) is 2.80. The van der Waals surface area contributed by atoms with Crippen LogP contribution in [0.3, 0.4) is 0 Å². The van der Waals surface area contributed by atoms with Gasteiger partial charge in [0.25, 0.3) is 0 Å². The number of imidazole rings is 1. The van der Waals surface area contributed by atoms with E-state index in [4.69, 9.17) is 34.8 Å². The molecule has 6 heteroatoms. The van der Waals surface area contributed by atoms with E-state index in [0.29, 0.717) is 15.9 Å². The van der Waals surface area contributed by atoms with E-state index in [1.54, 1.807) is 0 Å². The second-order valence-corrected chi connectivity index (χ2v) is 7.01. The van der Waals surface area contributed by atoms with E-state index in [2.05, 4.69) is 20.9 Å². The standard InChI is InChI=1S/C15H10BrCl3N2/c1-8(17)15-20-12-4-2-3-10(18)14(12)21(15)13-6-5-9(16)7-11(13)19/h2-8H,1H3. The molecule has 0 aliphatic carbocycles. The highest BCUT2D eigenvalue weighted by molar-refractivity contribution is 9.10. The van der Waals surface area contributed by atoms with Crippen LogP contribution in [0.4, 0.5) is 0 Å². The summed E-state index contributed by atoms with van der Waals surface area (Å²) >= 11 is 22.4. The number of aromatic nitrogens is 2. The van der Waals surface area contributed by atoms with Crippen molar-refractivity contribution >= 4 is 61.8 Å². The zero-order valence-corrected chi connectivity index (χ0v) is 14.8. The molecule has 1 heterocycles. The fourth-order valence-corrected chi connectivity index (χ4v) is 3.44. The van der Waals surface area contributed by atoms with Crippen molar-refractivity contribution < 1.29 is 0 Å². The normalized spacial score (nSPS) is 12.8. The lowest BCUT2D eigenvalue weighted by Crippen LogP contribution is -2.03. The summed E-state index contributed by atoms with van der Waals surface area (Å²) in [5.74, 6) is 0.712. The number of alkyl halides is 1. The molecule has 0 aliphatic heterocycles. The summed E-state index contributed by atoms with van der Waals surface area (Å²) in [6, 6.07) is 11.3. The molecule has 0 radical (unpaired) electrons. The molecule has 3 aromatic rings. The molecule has 0 N–H and O–H groups in total. The average molecular weight is 405 g/mol. The molecule has 0 saturated carbocycles. The number of hydrogen-bond acceptors (Lipinski definition) is 1. The maximum Gasteiger partial charge on any atom is 0.132 e. The van der Waals surface area contributed by atoms with E-state index >= 15 is 0 Å². The third-order valence-electron chi connectivity index (χ3n) is 3.16. The van der Waals surface area contributed by atoms with Crippen molar-refractivity contribution in [2.45, 2.75) is 12.3 Å². The van der Waals surface area contributed by atoms with Crippen molar-refractivity contribution in [3.63, 3.8) is 0 Å². The zero-order valence-electron chi connectivity index (χ0n) is 10.9. The van der Waals surface area contributed by atoms with Crippen LogP contribution >= 0.6 is 50.7 Å². The molecule has 1 unspecified atom stereocenters. The SMILES string of the molecule is CC(Cl)c1nc2cccc(Cl)c2n1-c1ccc(Br)cc1Cl. The first-order valence-electron chi connectivity index (χ1n) is 6.25. The molecule has 1 aromatic heterocycles. The molecule has 0 amide bonds. The summed E-state index contributed by atoms with van der Waals surface area (Å²) in [7, 11) is 0. The number of benzene rings is 2. The maximum atomic E-state index is 6.39. The molecule has 2 nitrogen and oxygen atoms in total. The van der Waals surface area contributed by atoms with Gasteiger partial charge in [0.15, 0.2) is 0 Å². The molecule has 21 heavy (non-hydrogen) atoms. The van der Waals surface area contributed by atoms with Gasteiger partial charge in [0.2, 0.25) is 0 Å². The summed E-state index contributed by atoms with van der Waals surface area (Å²) in [6.07, 6.45) is 0. The van der Waals surface area contributed by atoms with Crippen LogP contribution in [0.5, 0.6) is 0 Å². The van der Waals surface area contributed by atoms with Gasteiger partial charge in [-0.05, 0) is 37.3 Å². The Bertz CT molecular complexity index is 827. The molecule has 2 aromatic carbocycles. The summed E-state index contributed by atoms with van der Waals surface area (Å²) < 4.78 is 2.83. The molecule has 108 valence electrons. The van der Waals surface area contributed by atoms with Crippen LogP contribution in [0.25, 0.3) is 16.7 Å². The van der Waals surface area contributed by atoms with Crippen LogP contribution in [0, 0.1) is 0 Å². The lowest BCUT2D eigenvalue weighted by molar-refractivity contribution is 0.882. The molecule has 0 bridgehead atoms. The van der Waals surface area contributed by atoms with E-state index < -0.39 is 0 Å². The second-order valence-electron chi connectivity index (χ2n) is 4.62. The summed E-state index contributed by atoms with van der Waals surface area (Å²) in [5, 5.41) is 0.942. The molecule has 0 fully saturated rings. The topological polar surface area (TPSA) is 17.8 Å². The molecule has 3 rings (SSSR count). The third-order valence-corrected chi connectivity index (χ3v) is 4.46. The van der Waals surface area contributed by atoms with Gasteiger partial charge >= 0.3 is 0 Å². The van der Waals surface area contributed by atoms with Gasteiger partial charge in [-0.25, -0.2) is 4.98 Å². The van der Waals surface area contributed by atoms with E-state index in [0.717, 1.165) is 21.2 Å². The Balaban J connectivity index is 2.41. The van der Waals surface area contributed by atoms with Crippen molar-refractivity contribution in [1.29, 1.82) is 0 Å². The molecular formula is C15H10BrCl3N2. The van der Waals surface area contributed by atoms with Gasteiger partial charge in [0.1, 0.15) is 5.82 Å². The van der Waals surface area contributed by atoms with Crippen molar-refractivity contribution in [2.75, 3.05) is 0 Å². The number of para-hydroxylation sites is 1. The van der Waals surface area contributed by atoms with Gasteiger partial charge < -0.3 is 0 Å². The van der Waals surface area contributed by atoms with Gasteiger partial charge in [-0.2, -0.15) is 0 Å². The van der Waals surface area contributed by atoms with Crippen LogP contribution in [-0.2, 0) is 0 Å². The fourth-order valence-electron chi connectivity index (χ4n) is 2.28. The van der Waals surface area contributed by atoms with Crippen LogP contribution < -0.4 is 0 Å². The lowest BCUT2D eigenvalue weighted by Gasteiger charge is -2.13. The van der Waals surface area contributed by atoms with Gasteiger partial charge in [-0.1, -0.05) is 45.2 Å². The van der Waals surface area contributed by atoms with Crippen LogP contribution in [-0.4, -0.2) is 9.55 Å². The van der Waals surface area contributed by atoms with Crippen molar-refractivity contribution in [3.8, 4) is 5.69 Å². The second kappa shape index (κ2) is 5.81. The quantitative estimate of drug-likeness (QED) is 0.452. The highest BCUT2D eigenvalue weighted by atomic mass is 79.9. The minimum atomic E-state index is -0.270. The minimum Gasteiger partial charge on any atom is -0.292 e. The number of hydrogen-bond donors (Lipinski definition) is 0. The molecular weight excluding hydrogens is 394 g/mol.